The molecule has 0 fully saturated rings. The summed E-state index contributed by atoms with van der Waals surface area (Å²) in [6, 6.07) is 12.4. The molecule has 1 aromatic heterocycles. The van der Waals surface area contributed by atoms with Crippen LogP contribution < -0.4 is 9.30 Å². The molecule has 1 aliphatic heterocycles. The number of ether oxygens (including phenoxy) is 1. The van der Waals surface area contributed by atoms with E-state index in [-0.39, 0.29) is 6.23 Å². The van der Waals surface area contributed by atoms with Crippen LogP contribution in [0.15, 0.2) is 42.6 Å². The summed E-state index contributed by atoms with van der Waals surface area (Å²) in [6.07, 6.45) is 2.13. The van der Waals surface area contributed by atoms with Gasteiger partial charge in [0.15, 0.2) is 6.20 Å². The van der Waals surface area contributed by atoms with Crippen LogP contribution in [-0.2, 0) is 0 Å². The Balaban J connectivity index is 2.34. The molecule has 0 spiro atoms. The highest BCUT2D eigenvalue weighted by Gasteiger charge is 2.29. The average molecular weight is 212 g/mol. The Bertz CT molecular complexity index is 548. The Morgan fingerprint density at radius 1 is 1.12 bits per heavy atom. The minimum absolute atomic E-state index is 0.0606. The van der Waals surface area contributed by atoms with E-state index >= 15 is 0 Å². The highest BCUT2D eigenvalue weighted by Crippen LogP contribution is 2.35. The molecule has 1 aromatic carbocycles. The van der Waals surface area contributed by atoms with Gasteiger partial charge in [-0.3, -0.25) is 0 Å². The van der Waals surface area contributed by atoms with E-state index in [1.165, 1.54) is 16.8 Å². The Hall–Kier alpha value is -1.83. The molecule has 0 saturated carbocycles. The summed E-state index contributed by atoms with van der Waals surface area (Å²) < 4.78 is 8.06. The number of aryl methyl sites for hydroxylation is 1. The first-order valence-corrected chi connectivity index (χ1v) is 5.54. The monoisotopic (exact) mass is 212 g/mol. The quantitative estimate of drug-likeness (QED) is 0.612. The zero-order chi connectivity index (χ0) is 11.1. The van der Waals surface area contributed by atoms with Gasteiger partial charge in [0.1, 0.15) is 5.75 Å². The van der Waals surface area contributed by atoms with Crippen LogP contribution in [0.25, 0.3) is 11.3 Å². The summed E-state index contributed by atoms with van der Waals surface area (Å²) in [7, 11) is 0. The number of aromatic nitrogens is 1. The third kappa shape index (κ3) is 1.23. The maximum Gasteiger partial charge on any atom is 0.299 e. The average Bonchev–Trinajstić information content (AvgIpc) is 2.29. The molecule has 16 heavy (non-hydrogen) atoms. The first-order chi connectivity index (χ1) is 7.77. The molecule has 2 heterocycles. The third-order valence-corrected chi connectivity index (χ3v) is 3.07. The van der Waals surface area contributed by atoms with Gasteiger partial charge in [0.05, 0.1) is 5.56 Å². The first kappa shape index (κ1) is 9.40. The Labute approximate surface area is 95.1 Å². The molecule has 0 radical (unpaired) electrons. The Morgan fingerprint density at radius 2 is 2.00 bits per heavy atom. The van der Waals surface area contributed by atoms with Gasteiger partial charge in [0, 0.05) is 19.1 Å². The van der Waals surface area contributed by atoms with Gasteiger partial charge in [0.2, 0.25) is 5.69 Å². The van der Waals surface area contributed by atoms with Crippen molar-refractivity contribution >= 4 is 0 Å². The van der Waals surface area contributed by atoms with Crippen LogP contribution in [0.2, 0.25) is 0 Å². The van der Waals surface area contributed by atoms with E-state index in [0.717, 1.165) is 5.75 Å². The zero-order valence-electron chi connectivity index (χ0n) is 9.47. The van der Waals surface area contributed by atoms with Crippen molar-refractivity contribution in [2.75, 3.05) is 0 Å². The van der Waals surface area contributed by atoms with Gasteiger partial charge in [-0.15, -0.1) is 0 Å². The van der Waals surface area contributed by atoms with E-state index in [1.807, 2.05) is 18.2 Å². The minimum atomic E-state index is 0.0606. The molecule has 3 rings (SSSR count). The lowest BCUT2D eigenvalue weighted by Crippen LogP contribution is -2.45. The highest BCUT2D eigenvalue weighted by molar-refractivity contribution is 5.69. The third-order valence-electron chi connectivity index (χ3n) is 3.07. The molecule has 0 saturated heterocycles. The number of benzene rings is 1. The number of rotatable bonds is 0. The number of nitrogens with zero attached hydrogens (tertiary/aromatic N) is 1. The van der Waals surface area contributed by atoms with E-state index in [4.69, 9.17) is 4.74 Å². The van der Waals surface area contributed by atoms with Crippen LogP contribution in [0.1, 0.15) is 18.7 Å². The Morgan fingerprint density at radius 3 is 2.88 bits per heavy atom. The fraction of sp³-hybridized carbons (Fsp3) is 0.214. The molecule has 0 N–H and O–H groups in total. The van der Waals surface area contributed by atoms with Crippen LogP contribution in [0.3, 0.4) is 0 Å². The molecular formula is C14H14NO+. The van der Waals surface area contributed by atoms with E-state index < -0.39 is 0 Å². The van der Waals surface area contributed by atoms with Crippen molar-refractivity contribution in [1.82, 2.24) is 0 Å². The van der Waals surface area contributed by atoms with Gasteiger partial charge >= 0.3 is 0 Å². The largest absolute Gasteiger partial charge is 0.433 e. The van der Waals surface area contributed by atoms with E-state index in [2.05, 4.69) is 42.8 Å². The van der Waals surface area contributed by atoms with Crippen LogP contribution in [0.4, 0.5) is 0 Å². The SMILES string of the molecule is Cc1cccc2c1-c1cccc[n+]1[C@H](C)O2. The molecule has 2 aromatic rings. The van der Waals surface area contributed by atoms with Crippen molar-refractivity contribution in [3.63, 3.8) is 0 Å². The topological polar surface area (TPSA) is 13.1 Å². The molecule has 2 nitrogen and oxygen atoms in total. The zero-order valence-corrected chi connectivity index (χ0v) is 9.47. The summed E-state index contributed by atoms with van der Waals surface area (Å²) in [5.41, 5.74) is 3.69. The standard InChI is InChI=1S/C14H14NO/c1-10-6-5-8-13-14(10)12-7-3-4-9-15(12)11(2)16-13/h3-9,11H,1-2H3/q+1/t11-/m0/s1. The van der Waals surface area contributed by atoms with Gasteiger partial charge in [-0.1, -0.05) is 12.1 Å². The summed E-state index contributed by atoms with van der Waals surface area (Å²) in [6.45, 7) is 4.18. The molecule has 0 unspecified atom stereocenters. The molecular weight excluding hydrogens is 198 g/mol. The maximum atomic E-state index is 5.90. The fourth-order valence-corrected chi connectivity index (χ4v) is 2.29. The van der Waals surface area contributed by atoms with Crippen molar-refractivity contribution in [3.05, 3.63) is 48.2 Å². The number of pyridine rings is 1. The van der Waals surface area contributed by atoms with Crippen LogP contribution in [-0.4, -0.2) is 0 Å². The van der Waals surface area contributed by atoms with Crippen molar-refractivity contribution in [1.29, 1.82) is 0 Å². The Kier molecular flexibility index (Phi) is 1.96. The smallest absolute Gasteiger partial charge is 0.299 e. The van der Waals surface area contributed by atoms with Gasteiger partial charge in [-0.25, -0.2) is 0 Å². The molecule has 2 heteroatoms. The maximum absolute atomic E-state index is 5.90. The summed E-state index contributed by atoms with van der Waals surface area (Å²) >= 11 is 0. The lowest BCUT2D eigenvalue weighted by molar-refractivity contribution is -0.743. The van der Waals surface area contributed by atoms with Crippen molar-refractivity contribution in [2.45, 2.75) is 20.1 Å². The second kappa shape index (κ2) is 3.34. The molecule has 0 amide bonds. The second-order valence-corrected chi connectivity index (χ2v) is 4.16. The second-order valence-electron chi connectivity index (χ2n) is 4.16. The normalized spacial score (nSPS) is 17.2. The van der Waals surface area contributed by atoms with Crippen LogP contribution in [0, 0.1) is 6.92 Å². The summed E-state index contributed by atoms with van der Waals surface area (Å²) in [5, 5.41) is 0. The van der Waals surface area contributed by atoms with E-state index in [1.54, 1.807) is 0 Å². The predicted octanol–water partition coefficient (Wildman–Crippen LogP) is 2.86. The van der Waals surface area contributed by atoms with Gasteiger partial charge < -0.3 is 4.74 Å². The summed E-state index contributed by atoms with van der Waals surface area (Å²) in [5.74, 6) is 0.985. The number of hydrogen-bond acceptors (Lipinski definition) is 1. The number of hydrogen-bond donors (Lipinski definition) is 0. The molecule has 1 atom stereocenters. The predicted molar refractivity (Wildman–Crippen MR) is 62.1 cm³/mol. The molecule has 0 aliphatic carbocycles. The fourth-order valence-electron chi connectivity index (χ4n) is 2.29. The van der Waals surface area contributed by atoms with Crippen molar-refractivity contribution < 1.29 is 9.30 Å². The van der Waals surface area contributed by atoms with Gasteiger partial charge in [-0.2, -0.15) is 4.57 Å². The first-order valence-electron chi connectivity index (χ1n) is 5.54. The van der Waals surface area contributed by atoms with Crippen molar-refractivity contribution in [2.24, 2.45) is 0 Å². The molecule has 0 bridgehead atoms. The molecule has 1 aliphatic rings. The lowest BCUT2D eigenvalue weighted by atomic mass is 10.0. The van der Waals surface area contributed by atoms with E-state index in [0.29, 0.717) is 0 Å². The molecule has 80 valence electrons. The summed E-state index contributed by atoms with van der Waals surface area (Å²) in [4.78, 5) is 0. The van der Waals surface area contributed by atoms with Crippen LogP contribution >= 0.6 is 0 Å². The van der Waals surface area contributed by atoms with Crippen molar-refractivity contribution in [3.8, 4) is 17.0 Å². The minimum Gasteiger partial charge on any atom is -0.433 e. The van der Waals surface area contributed by atoms with Gasteiger partial charge in [0.25, 0.3) is 6.23 Å². The highest BCUT2D eigenvalue weighted by atomic mass is 16.5. The lowest BCUT2D eigenvalue weighted by Gasteiger charge is -2.21. The van der Waals surface area contributed by atoms with Crippen LogP contribution in [0.5, 0.6) is 5.75 Å². The van der Waals surface area contributed by atoms with E-state index in [9.17, 15) is 0 Å². The number of fused-ring (bicyclic) bond motifs is 3. The van der Waals surface area contributed by atoms with Gasteiger partial charge in [-0.05, 0) is 24.6 Å².